The number of carbonyl (C=O) groups is 2. The van der Waals surface area contributed by atoms with E-state index in [0.29, 0.717) is 5.16 Å². The zero-order valence-corrected chi connectivity index (χ0v) is 17.9. The summed E-state index contributed by atoms with van der Waals surface area (Å²) < 4.78 is 5.31. The molecule has 1 aromatic heterocycles. The number of alkyl carbamates (subject to hydrolysis) is 1. The Bertz CT molecular complexity index is 1120. The Morgan fingerprint density at radius 3 is 2.69 bits per heavy atom. The number of amides is 2. The van der Waals surface area contributed by atoms with E-state index in [1.807, 2.05) is 60.8 Å². The molecule has 9 heteroatoms. The number of ether oxygens (including phenoxy) is 1. The van der Waals surface area contributed by atoms with Gasteiger partial charge >= 0.3 is 6.09 Å². The normalized spacial score (nSPS) is 16.2. The van der Waals surface area contributed by atoms with Crippen LogP contribution < -0.4 is 16.1 Å². The Hall–Kier alpha value is -3.49. The van der Waals surface area contributed by atoms with Crippen LogP contribution in [0.5, 0.6) is 0 Å². The highest BCUT2D eigenvalue weighted by atomic mass is 35.5. The van der Waals surface area contributed by atoms with Crippen molar-refractivity contribution in [3.05, 3.63) is 83.2 Å². The predicted molar refractivity (Wildman–Crippen MR) is 121 cm³/mol. The minimum Gasteiger partial charge on any atom is -0.445 e. The number of hydroxylamine groups is 1. The van der Waals surface area contributed by atoms with E-state index < -0.39 is 18.2 Å². The number of hydrogen-bond acceptors (Lipinski definition) is 5. The highest BCUT2D eigenvalue weighted by Crippen LogP contribution is 2.19. The number of H-pyrrole nitrogens is 1. The minimum absolute atomic E-state index is 0.110. The fourth-order valence-corrected chi connectivity index (χ4v) is 3.61. The first kappa shape index (κ1) is 21.7. The molecule has 2 amide bonds. The zero-order chi connectivity index (χ0) is 22.3. The second kappa shape index (κ2) is 10.2. The van der Waals surface area contributed by atoms with E-state index in [1.165, 1.54) is 0 Å². The van der Waals surface area contributed by atoms with Crippen LogP contribution in [0, 0.1) is 0 Å². The third-order valence-electron chi connectivity index (χ3n) is 5.04. The van der Waals surface area contributed by atoms with E-state index in [2.05, 4.69) is 21.1 Å². The number of halogens is 1. The molecule has 2 atom stereocenters. The quantitative estimate of drug-likeness (QED) is 0.391. The van der Waals surface area contributed by atoms with Crippen LogP contribution in [0.3, 0.4) is 0 Å². The number of nitrogens with one attached hydrogen (secondary N) is 4. The number of carbonyl (C=O) groups excluding carboxylic acids is 2. The second-order valence-corrected chi connectivity index (χ2v) is 7.75. The van der Waals surface area contributed by atoms with E-state index in [0.717, 1.165) is 22.0 Å². The van der Waals surface area contributed by atoms with Gasteiger partial charge in [0, 0.05) is 23.5 Å². The van der Waals surface area contributed by atoms with Gasteiger partial charge in [-0.25, -0.2) is 4.79 Å². The molecule has 32 heavy (non-hydrogen) atoms. The maximum absolute atomic E-state index is 12.9. The Balaban J connectivity index is 1.42. The van der Waals surface area contributed by atoms with Crippen molar-refractivity contribution >= 4 is 34.5 Å². The van der Waals surface area contributed by atoms with Crippen LogP contribution in [0.4, 0.5) is 4.79 Å². The second-order valence-electron chi connectivity index (χ2n) is 7.34. The zero-order valence-electron chi connectivity index (χ0n) is 17.1. The van der Waals surface area contributed by atoms with Crippen molar-refractivity contribution in [1.82, 2.24) is 21.1 Å². The summed E-state index contributed by atoms with van der Waals surface area (Å²) in [5, 5.41) is 6.84. The van der Waals surface area contributed by atoms with Crippen LogP contribution in [-0.2, 0) is 27.4 Å². The summed E-state index contributed by atoms with van der Waals surface area (Å²) in [6.45, 7) is 0.312. The highest BCUT2D eigenvalue weighted by Gasteiger charge is 2.25. The third kappa shape index (κ3) is 5.60. The number of fused-ring (bicyclic) bond motifs is 1. The van der Waals surface area contributed by atoms with Crippen molar-refractivity contribution in [2.24, 2.45) is 0 Å². The van der Waals surface area contributed by atoms with Gasteiger partial charge in [0.05, 0.1) is 6.54 Å². The van der Waals surface area contributed by atoms with Gasteiger partial charge in [0.25, 0.3) is 0 Å². The van der Waals surface area contributed by atoms with Gasteiger partial charge in [0.1, 0.15) is 23.9 Å². The fourth-order valence-electron chi connectivity index (χ4n) is 3.42. The SMILES string of the molecule is O=C(N[C@@H](Cc1c[nH]c2ccccc12)C(=O)NCC1C=C(Cl)NO1)OCc1ccccc1. The lowest BCUT2D eigenvalue weighted by Gasteiger charge is -2.19. The van der Waals surface area contributed by atoms with Gasteiger partial charge in [0.2, 0.25) is 5.91 Å². The molecule has 1 aliphatic rings. The van der Waals surface area contributed by atoms with Crippen molar-refractivity contribution in [2.45, 2.75) is 25.2 Å². The average molecular weight is 455 g/mol. The Morgan fingerprint density at radius 2 is 1.91 bits per heavy atom. The van der Waals surface area contributed by atoms with Gasteiger partial charge in [-0.1, -0.05) is 60.1 Å². The molecule has 0 spiro atoms. The molecule has 4 N–H and O–H groups in total. The number of benzene rings is 2. The lowest BCUT2D eigenvalue weighted by Crippen LogP contribution is -2.49. The summed E-state index contributed by atoms with van der Waals surface area (Å²) in [6, 6.07) is 16.3. The molecule has 0 fully saturated rings. The van der Waals surface area contributed by atoms with E-state index in [-0.39, 0.29) is 25.5 Å². The number of para-hydroxylation sites is 1. The van der Waals surface area contributed by atoms with E-state index in [9.17, 15) is 9.59 Å². The summed E-state index contributed by atoms with van der Waals surface area (Å²) >= 11 is 5.82. The van der Waals surface area contributed by atoms with E-state index in [1.54, 1.807) is 6.08 Å². The lowest BCUT2D eigenvalue weighted by atomic mass is 10.0. The molecule has 166 valence electrons. The smallest absolute Gasteiger partial charge is 0.408 e. The molecule has 2 heterocycles. The molecule has 0 radical (unpaired) electrons. The molecule has 0 bridgehead atoms. The van der Waals surface area contributed by atoms with Crippen LogP contribution in [0.2, 0.25) is 0 Å². The highest BCUT2D eigenvalue weighted by molar-refractivity contribution is 6.29. The fraction of sp³-hybridized carbons (Fsp3) is 0.217. The predicted octanol–water partition coefficient (Wildman–Crippen LogP) is 3.11. The van der Waals surface area contributed by atoms with Crippen LogP contribution in [0.1, 0.15) is 11.1 Å². The van der Waals surface area contributed by atoms with Crippen LogP contribution in [-0.4, -0.2) is 35.7 Å². The summed E-state index contributed by atoms with van der Waals surface area (Å²) in [5.41, 5.74) is 5.25. The third-order valence-corrected chi connectivity index (χ3v) is 5.24. The van der Waals surface area contributed by atoms with Gasteiger partial charge in [-0.15, -0.1) is 0 Å². The van der Waals surface area contributed by atoms with Crippen LogP contribution in [0.25, 0.3) is 10.9 Å². The number of aromatic nitrogens is 1. The number of aromatic amines is 1. The minimum atomic E-state index is -0.841. The largest absolute Gasteiger partial charge is 0.445 e. The van der Waals surface area contributed by atoms with Crippen molar-refractivity contribution in [2.75, 3.05) is 6.54 Å². The molecule has 0 saturated heterocycles. The van der Waals surface area contributed by atoms with Gasteiger partial charge in [-0.2, -0.15) is 0 Å². The average Bonchev–Trinajstić information content (AvgIpc) is 3.42. The standard InChI is InChI=1S/C23H23ClN4O4/c24-21-11-17(32-28-21)13-26-22(29)20(10-16-12-25-19-9-5-4-8-18(16)19)27-23(30)31-14-15-6-2-1-3-7-15/h1-9,11-12,17,20,25,28H,10,13-14H2,(H,26,29)(H,27,30)/t17?,20-/m0/s1. The first-order valence-electron chi connectivity index (χ1n) is 10.2. The molecule has 2 aromatic carbocycles. The molecule has 4 rings (SSSR count). The molecule has 8 nitrogen and oxygen atoms in total. The maximum atomic E-state index is 12.9. The van der Waals surface area contributed by atoms with Gasteiger partial charge in [0.15, 0.2) is 0 Å². The topological polar surface area (TPSA) is 104 Å². The number of rotatable bonds is 8. The van der Waals surface area contributed by atoms with Crippen molar-refractivity contribution < 1.29 is 19.2 Å². The van der Waals surface area contributed by atoms with Crippen molar-refractivity contribution in [3.8, 4) is 0 Å². The van der Waals surface area contributed by atoms with Gasteiger partial charge in [-0.3, -0.25) is 15.1 Å². The van der Waals surface area contributed by atoms with Crippen molar-refractivity contribution in [3.63, 3.8) is 0 Å². The first-order valence-corrected chi connectivity index (χ1v) is 10.5. The summed E-state index contributed by atoms with van der Waals surface area (Å²) in [4.78, 5) is 33.8. The molecule has 3 aromatic rings. The summed E-state index contributed by atoms with van der Waals surface area (Å²) in [5.74, 6) is -0.355. The molecular weight excluding hydrogens is 432 g/mol. The van der Waals surface area contributed by atoms with Crippen LogP contribution in [0.15, 0.2) is 72.0 Å². The molecule has 0 aliphatic carbocycles. The van der Waals surface area contributed by atoms with E-state index >= 15 is 0 Å². The lowest BCUT2D eigenvalue weighted by molar-refractivity contribution is -0.123. The van der Waals surface area contributed by atoms with Gasteiger partial charge < -0.3 is 20.4 Å². The van der Waals surface area contributed by atoms with Gasteiger partial charge in [-0.05, 0) is 23.3 Å². The summed E-state index contributed by atoms with van der Waals surface area (Å²) in [6.07, 6.45) is 2.71. The monoisotopic (exact) mass is 454 g/mol. The Labute approximate surface area is 189 Å². The Kier molecular flexibility index (Phi) is 6.94. The van der Waals surface area contributed by atoms with E-state index in [4.69, 9.17) is 21.2 Å². The first-order chi connectivity index (χ1) is 15.6. The van der Waals surface area contributed by atoms with Crippen molar-refractivity contribution in [1.29, 1.82) is 0 Å². The molecular formula is C23H23ClN4O4. The number of hydrogen-bond donors (Lipinski definition) is 4. The molecule has 1 unspecified atom stereocenters. The molecule has 1 aliphatic heterocycles. The molecule has 0 saturated carbocycles. The maximum Gasteiger partial charge on any atom is 0.408 e. The summed E-state index contributed by atoms with van der Waals surface area (Å²) in [7, 11) is 0. The Morgan fingerprint density at radius 1 is 1.12 bits per heavy atom. The van der Waals surface area contributed by atoms with Crippen LogP contribution >= 0.6 is 11.6 Å².